The lowest BCUT2D eigenvalue weighted by Gasteiger charge is -2.17. The van der Waals surface area contributed by atoms with Gasteiger partial charge in [0.1, 0.15) is 31.2 Å². The second kappa shape index (κ2) is 9.27. The molecule has 0 saturated carbocycles. The molecule has 2 heterocycles. The number of amides is 1. The first-order valence-corrected chi connectivity index (χ1v) is 12.4. The highest BCUT2D eigenvalue weighted by Crippen LogP contribution is 2.38. The molecule has 0 fully saturated rings. The maximum Gasteiger partial charge on any atom is 0.276 e. The van der Waals surface area contributed by atoms with Crippen LogP contribution in [0.4, 0.5) is 20.2 Å². The van der Waals surface area contributed by atoms with Crippen molar-refractivity contribution in [2.75, 3.05) is 22.1 Å². The highest BCUT2D eigenvalue weighted by Gasteiger charge is 2.33. The lowest BCUT2D eigenvalue weighted by molar-refractivity contribution is -0.116. The van der Waals surface area contributed by atoms with Gasteiger partial charge in [0.05, 0.1) is 24.2 Å². The van der Waals surface area contributed by atoms with Crippen LogP contribution < -0.4 is 19.5 Å². The van der Waals surface area contributed by atoms with Crippen molar-refractivity contribution in [2.45, 2.75) is 20.1 Å². The van der Waals surface area contributed by atoms with Crippen LogP contribution in [0.5, 0.6) is 5.88 Å². The van der Waals surface area contributed by atoms with E-state index in [4.69, 9.17) is 16.3 Å². The Kier molecular flexibility index (Phi) is 6.52. The van der Waals surface area contributed by atoms with Crippen molar-refractivity contribution in [1.29, 1.82) is 0 Å². The standard InChI is InChI=1S/C22H19ClF2N4O5S/c1-13(30)28-12-29(35(2,32)33)18-6-3-14(7-19(18)28)9-27-11-26-21(20(23)22(27)31)34-10-15-4-5-16(24)8-17(15)25/h3-8,11H,9-10,12H2,1-2H3. The van der Waals surface area contributed by atoms with Gasteiger partial charge in [0, 0.05) is 18.6 Å². The molecule has 0 atom stereocenters. The molecule has 4 rings (SSSR count). The molecular weight excluding hydrogens is 506 g/mol. The van der Waals surface area contributed by atoms with Crippen molar-refractivity contribution in [3.63, 3.8) is 0 Å². The summed E-state index contributed by atoms with van der Waals surface area (Å²) in [5.41, 5.74) is 0.774. The fraction of sp³-hybridized carbons (Fsp3) is 0.227. The number of ether oxygens (including phenoxy) is 1. The van der Waals surface area contributed by atoms with Crippen molar-refractivity contribution in [2.24, 2.45) is 0 Å². The van der Waals surface area contributed by atoms with Gasteiger partial charge in [-0.25, -0.2) is 26.5 Å². The first-order chi connectivity index (χ1) is 16.5. The molecule has 1 amide bonds. The third-order valence-electron chi connectivity index (χ3n) is 5.33. The minimum absolute atomic E-state index is 0.0241. The molecule has 13 heteroatoms. The van der Waals surface area contributed by atoms with Crippen LogP contribution in [0, 0.1) is 11.6 Å². The van der Waals surface area contributed by atoms with Crippen LogP contribution in [0.2, 0.25) is 5.02 Å². The number of aromatic nitrogens is 2. The smallest absolute Gasteiger partial charge is 0.276 e. The number of nitrogens with zero attached hydrogens (tertiary/aromatic N) is 4. The lowest BCUT2D eigenvalue weighted by Crippen LogP contribution is -2.36. The van der Waals surface area contributed by atoms with Crippen LogP contribution in [0.1, 0.15) is 18.1 Å². The van der Waals surface area contributed by atoms with Gasteiger partial charge in [-0.05, 0) is 29.8 Å². The minimum atomic E-state index is -3.60. The molecule has 0 aliphatic carbocycles. The number of hydrogen-bond acceptors (Lipinski definition) is 6. The first-order valence-electron chi connectivity index (χ1n) is 10.2. The third-order valence-corrected chi connectivity index (χ3v) is 6.77. The Morgan fingerprint density at radius 3 is 2.57 bits per heavy atom. The normalized spacial score (nSPS) is 13.2. The monoisotopic (exact) mass is 524 g/mol. The molecule has 1 aliphatic rings. The van der Waals surface area contributed by atoms with Gasteiger partial charge in [0.15, 0.2) is 5.02 Å². The molecule has 3 aromatic rings. The summed E-state index contributed by atoms with van der Waals surface area (Å²) in [6, 6.07) is 7.80. The van der Waals surface area contributed by atoms with E-state index < -0.39 is 27.2 Å². The second-order valence-electron chi connectivity index (χ2n) is 7.84. The third kappa shape index (κ3) is 4.98. The van der Waals surface area contributed by atoms with E-state index in [1.807, 2.05) is 0 Å². The highest BCUT2D eigenvalue weighted by molar-refractivity contribution is 7.92. The van der Waals surface area contributed by atoms with Gasteiger partial charge in [0.25, 0.3) is 5.56 Å². The number of hydrogen-bond donors (Lipinski definition) is 0. The van der Waals surface area contributed by atoms with E-state index in [0.29, 0.717) is 23.0 Å². The molecule has 0 radical (unpaired) electrons. The van der Waals surface area contributed by atoms with Gasteiger partial charge in [-0.15, -0.1) is 0 Å². The maximum absolute atomic E-state index is 13.8. The van der Waals surface area contributed by atoms with E-state index in [0.717, 1.165) is 16.6 Å². The zero-order chi connectivity index (χ0) is 25.5. The van der Waals surface area contributed by atoms with Crippen LogP contribution in [0.3, 0.4) is 0 Å². The summed E-state index contributed by atoms with van der Waals surface area (Å²) in [5, 5.41) is -0.329. The number of anilines is 2. The molecule has 2 aromatic carbocycles. The molecule has 0 N–H and O–H groups in total. The van der Waals surface area contributed by atoms with Crippen LogP contribution in [0.15, 0.2) is 47.5 Å². The Hall–Kier alpha value is -3.51. The summed E-state index contributed by atoms with van der Waals surface area (Å²) in [4.78, 5) is 30.1. The van der Waals surface area contributed by atoms with Crippen LogP contribution in [0.25, 0.3) is 0 Å². The summed E-state index contributed by atoms with van der Waals surface area (Å²) in [7, 11) is -3.60. The molecular formula is C22H19ClF2N4O5S. The van der Waals surface area contributed by atoms with E-state index in [1.165, 1.54) is 28.8 Å². The van der Waals surface area contributed by atoms with Gasteiger partial charge < -0.3 is 4.74 Å². The highest BCUT2D eigenvalue weighted by atomic mass is 35.5. The summed E-state index contributed by atoms with van der Waals surface area (Å²) >= 11 is 6.12. The SMILES string of the molecule is CC(=O)N1CN(S(C)(=O)=O)c2ccc(Cn3cnc(OCc4ccc(F)cc4F)c(Cl)c3=O)cc21. The van der Waals surface area contributed by atoms with Crippen molar-refractivity contribution in [3.05, 3.63) is 80.9 Å². The van der Waals surface area contributed by atoms with Crippen molar-refractivity contribution in [1.82, 2.24) is 9.55 Å². The topological polar surface area (TPSA) is 102 Å². The van der Waals surface area contributed by atoms with E-state index >= 15 is 0 Å². The molecule has 35 heavy (non-hydrogen) atoms. The summed E-state index contributed by atoms with van der Waals surface area (Å²) < 4.78 is 58.7. The Balaban J connectivity index is 1.57. The van der Waals surface area contributed by atoms with E-state index in [9.17, 15) is 26.8 Å². The summed E-state index contributed by atoms with van der Waals surface area (Å²) in [6.45, 7) is 0.898. The van der Waals surface area contributed by atoms with Gasteiger partial charge >= 0.3 is 0 Å². The van der Waals surface area contributed by atoms with Crippen molar-refractivity contribution >= 4 is 38.9 Å². The van der Waals surface area contributed by atoms with Gasteiger partial charge in [-0.3, -0.25) is 19.1 Å². The quantitative estimate of drug-likeness (QED) is 0.491. The average molecular weight is 525 g/mol. The fourth-order valence-electron chi connectivity index (χ4n) is 3.57. The summed E-state index contributed by atoms with van der Waals surface area (Å²) in [6.07, 6.45) is 2.25. The molecule has 1 aliphatic heterocycles. The Bertz CT molecular complexity index is 1500. The molecule has 1 aromatic heterocycles. The predicted octanol–water partition coefficient (Wildman–Crippen LogP) is 2.89. The number of sulfonamides is 1. The molecule has 0 saturated heterocycles. The van der Waals surface area contributed by atoms with Gasteiger partial charge in [-0.2, -0.15) is 0 Å². The van der Waals surface area contributed by atoms with E-state index in [-0.39, 0.29) is 42.2 Å². The van der Waals surface area contributed by atoms with Crippen LogP contribution in [-0.4, -0.2) is 36.8 Å². The predicted molar refractivity (Wildman–Crippen MR) is 125 cm³/mol. The molecule has 0 spiro atoms. The van der Waals surface area contributed by atoms with Crippen LogP contribution in [-0.2, 0) is 28.0 Å². The van der Waals surface area contributed by atoms with Crippen molar-refractivity contribution < 1.29 is 26.7 Å². The van der Waals surface area contributed by atoms with E-state index in [1.54, 1.807) is 18.2 Å². The number of carbonyl (C=O) groups excluding carboxylic acids is 1. The average Bonchev–Trinajstić information content (AvgIpc) is 3.17. The Morgan fingerprint density at radius 1 is 1.17 bits per heavy atom. The maximum atomic E-state index is 13.8. The molecule has 9 nitrogen and oxygen atoms in total. The number of benzene rings is 2. The number of halogens is 3. The molecule has 0 bridgehead atoms. The number of carbonyl (C=O) groups is 1. The van der Waals surface area contributed by atoms with Gasteiger partial charge in [0.2, 0.25) is 21.8 Å². The largest absolute Gasteiger partial charge is 0.471 e. The zero-order valence-electron chi connectivity index (χ0n) is 18.5. The molecule has 0 unspecified atom stereocenters. The Labute approximate surface area is 204 Å². The second-order valence-corrected chi connectivity index (χ2v) is 10.1. The first kappa shape index (κ1) is 24.6. The fourth-order valence-corrected chi connectivity index (χ4v) is 4.62. The Morgan fingerprint density at radius 2 is 1.91 bits per heavy atom. The summed E-state index contributed by atoms with van der Waals surface area (Å²) in [5.74, 6) is -2.08. The number of rotatable bonds is 6. The van der Waals surface area contributed by atoms with Crippen molar-refractivity contribution in [3.8, 4) is 5.88 Å². The van der Waals surface area contributed by atoms with E-state index in [2.05, 4.69) is 4.98 Å². The van der Waals surface area contributed by atoms with Crippen LogP contribution >= 0.6 is 11.6 Å². The number of fused-ring (bicyclic) bond motifs is 1. The van der Waals surface area contributed by atoms with Gasteiger partial charge in [-0.1, -0.05) is 17.7 Å². The molecule has 184 valence electrons. The minimum Gasteiger partial charge on any atom is -0.471 e. The lowest BCUT2D eigenvalue weighted by atomic mass is 10.1. The zero-order valence-corrected chi connectivity index (χ0v) is 20.1.